The molecular weight excluding hydrogens is 716 g/mol. The molecule has 52 heavy (non-hydrogen) atoms. The largest absolute Gasteiger partial charge is 0.456 e. The predicted octanol–water partition coefficient (Wildman–Crippen LogP) is 8.51. The van der Waals surface area contributed by atoms with Gasteiger partial charge in [0.05, 0.1) is 30.5 Å². The molecule has 282 valence electrons. The zero-order valence-corrected chi connectivity index (χ0v) is 34.9. The van der Waals surface area contributed by atoms with Gasteiger partial charge < -0.3 is 23.4 Å². The zero-order chi connectivity index (χ0) is 37.6. The normalized spacial score (nSPS) is 21.1. The SMILES string of the molecule is CC(C)(C)[Si](C)(C)OC1CO[C@H]2C1OC[C@H]2Oc1nc2nc(-c3ccc(-c4ccc(N=S(C)(C)=O)cc4)cc3)c(F)cc2n1COCC[Si](C)(C)C. The van der Waals surface area contributed by atoms with E-state index >= 15 is 4.39 Å². The van der Waals surface area contributed by atoms with Gasteiger partial charge in [-0.2, -0.15) is 9.35 Å². The fraction of sp³-hybridized carbons (Fsp3) is 0.526. The average Bonchev–Trinajstić information content (AvgIpc) is 3.72. The van der Waals surface area contributed by atoms with E-state index in [1.807, 2.05) is 48.5 Å². The summed E-state index contributed by atoms with van der Waals surface area (Å²) in [5, 5.41) is 0.0596. The minimum Gasteiger partial charge on any atom is -0.456 e. The van der Waals surface area contributed by atoms with Crippen LogP contribution in [-0.2, 0) is 35.1 Å². The molecule has 0 aliphatic carbocycles. The maximum absolute atomic E-state index is 15.9. The van der Waals surface area contributed by atoms with Crippen LogP contribution in [-0.4, -0.2) is 91.9 Å². The van der Waals surface area contributed by atoms with E-state index < -0.39 is 38.0 Å². The number of benzene rings is 2. The first-order chi connectivity index (χ1) is 24.3. The summed E-state index contributed by atoms with van der Waals surface area (Å²) in [7, 11) is -5.62. The highest BCUT2D eigenvalue weighted by Crippen LogP contribution is 2.41. The number of nitrogens with zero attached hydrogens (tertiary/aromatic N) is 4. The summed E-state index contributed by atoms with van der Waals surface area (Å²) in [6, 6.07) is 17.8. The van der Waals surface area contributed by atoms with Crippen molar-refractivity contribution in [1.82, 2.24) is 14.5 Å². The van der Waals surface area contributed by atoms with E-state index in [-0.39, 0.29) is 41.8 Å². The van der Waals surface area contributed by atoms with Crippen molar-refractivity contribution >= 4 is 43.0 Å². The molecule has 14 heteroatoms. The fourth-order valence-corrected chi connectivity index (χ4v) is 8.77. The zero-order valence-electron chi connectivity index (χ0n) is 32.1. The average molecular weight is 769 g/mol. The van der Waals surface area contributed by atoms with Crippen LogP contribution in [0.15, 0.2) is 59.0 Å². The van der Waals surface area contributed by atoms with Gasteiger partial charge in [-0.15, -0.1) is 0 Å². The van der Waals surface area contributed by atoms with Crippen molar-refractivity contribution in [2.75, 3.05) is 32.3 Å². The maximum atomic E-state index is 15.9. The molecule has 0 spiro atoms. The number of fused-ring (bicyclic) bond motifs is 2. The number of hydrogen-bond acceptors (Lipinski definition) is 9. The van der Waals surface area contributed by atoms with Crippen LogP contribution in [0.5, 0.6) is 6.01 Å². The van der Waals surface area contributed by atoms with Crippen molar-refractivity contribution < 1.29 is 32.0 Å². The molecule has 2 fully saturated rings. The standard InChI is InChI=1S/C38H53FN4O6SSi2/c1-38(2,3)52(9,10)49-32-23-47-34-31(22-46-35(32)34)48-37-41-36-30(43(37)24-45-19-20-51(6,7)8)21-29(39)33(40-36)27-13-11-25(12-14-27)26-15-17-28(18-16-26)42-50(4,5)44/h11-18,21,31-32,34-35H,19-20,22-24H2,1-10H3/t31-,32?,34-,35?/m1/s1. The third-order valence-electron chi connectivity index (χ3n) is 10.0. The molecule has 0 saturated carbocycles. The third-order valence-corrected chi connectivity index (χ3v) is 16.9. The molecule has 2 aromatic carbocycles. The van der Waals surface area contributed by atoms with E-state index in [0.717, 1.165) is 17.2 Å². The van der Waals surface area contributed by atoms with Gasteiger partial charge in [0.15, 0.2) is 25.9 Å². The minimum atomic E-state index is -2.25. The predicted molar refractivity (Wildman–Crippen MR) is 211 cm³/mol. The van der Waals surface area contributed by atoms with Gasteiger partial charge in [-0.05, 0) is 47.4 Å². The molecule has 2 unspecified atom stereocenters. The Hall–Kier alpha value is -2.99. The first kappa shape index (κ1) is 38.7. The highest BCUT2D eigenvalue weighted by atomic mass is 32.2. The van der Waals surface area contributed by atoms with Crippen LogP contribution in [0.4, 0.5) is 10.1 Å². The van der Waals surface area contributed by atoms with Gasteiger partial charge >= 0.3 is 6.01 Å². The second-order valence-corrected chi connectivity index (χ2v) is 29.8. The third kappa shape index (κ3) is 8.86. The van der Waals surface area contributed by atoms with E-state index in [1.165, 1.54) is 6.07 Å². The van der Waals surface area contributed by atoms with Crippen LogP contribution in [0.3, 0.4) is 0 Å². The van der Waals surface area contributed by atoms with Crippen LogP contribution in [0.2, 0.25) is 43.8 Å². The first-order valence-electron chi connectivity index (χ1n) is 17.9. The Morgan fingerprint density at radius 2 is 1.48 bits per heavy atom. The lowest BCUT2D eigenvalue weighted by Gasteiger charge is -2.39. The number of ether oxygens (including phenoxy) is 4. The van der Waals surface area contributed by atoms with Crippen LogP contribution < -0.4 is 4.74 Å². The second-order valence-electron chi connectivity index (χ2n) is 16.9. The molecule has 4 heterocycles. The van der Waals surface area contributed by atoms with Gasteiger partial charge in [-0.3, -0.25) is 4.57 Å². The van der Waals surface area contributed by atoms with Gasteiger partial charge in [0.2, 0.25) is 0 Å². The summed E-state index contributed by atoms with van der Waals surface area (Å²) in [4.78, 5) is 9.49. The maximum Gasteiger partial charge on any atom is 0.301 e. The van der Waals surface area contributed by atoms with Crippen molar-refractivity contribution in [2.24, 2.45) is 4.36 Å². The molecule has 2 saturated heterocycles. The first-order valence-corrected chi connectivity index (χ1v) is 26.8. The monoisotopic (exact) mass is 768 g/mol. The lowest BCUT2D eigenvalue weighted by atomic mass is 10.0. The summed E-state index contributed by atoms with van der Waals surface area (Å²) in [5.41, 5.74) is 4.22. The molecule has 0 radical (unpaired) electrons. The number of aromatic nitrogens is 3. The Morgan fingerprint density at radius 1 is 0.904 bits per heavy atom. The van der Waals surface area contributed by atoms with Gasteiger partial charge in [0.25, 0.3) is 0 Å². The molecule has 0 amide bonds. The summed E-state index contributed by atoms with van der Waals surface area (Å²) in [6.07, 6.45) is 2.06. The van der Waals surface area contributed by atoms with Gasteiger partial charge in [-0.1, -0.05) is 76.8 Å². The molecule has 2 aromatic heterocycles. The van der Waals surface area contributed by atoms with Crippen molar-refractivity contribution in [3.8, 4) is 28.4 Å². The van der Waals surface area contributed by atoms with Gasteiger partial charge in [0, 0.05) is 48.6 Å². The van der Waals surface area contributed by atoms with Crippen molar-refractivity contribution in [1.29, 1.82) is 0 Å². The lowest BCUT2D eigenvalue weighted by Crippen LogP contribution is -2.47. The van der Waals surface area contributed by atoms with Crippen LogP contribution in [0.1, 0.15) is 20.8 Å². The summed E-state index contributed by atoms with van der Waals surface area (Å²) >= 11 is 0. The topological polar surface area (TPSA) is 106 Å². The lowest BCUT2D eigenvalue weighted by molar-refractivity contribution is 0.00691. The Morgan fingerprint density at radius 3 is 2.08 bits per heavy atom. The van der Waals surface area contributed by atoms with Gasteiger partial charge in [-0.25, -0.2) is 13.6 Å². The molecule has 10 nitrogen and oxygen atoms in total. The van der Waals surface area contributed by atoms with Crippen LogP contribution in [0, 0.1) is 5.82 Å². The van der Waals surface area contributed by atoms with E-state index in [2.05, 4.69) is 57.9 Å². The van der Waals surface area contributed by atoms with Crippen LogP contribution >= 0.6 is 0 Å². The van der Waals surface area contributed by atoms with Crippen molar-refractivity contribution in [2.45, 2.75) is 95.7 Å². The quantitative estimate of drug-likeness (QED) is 0.104. The Kier molecular flexibility index (Phi) is 10.9. The van der Waals surface area contributed by atoms with E-state index in [9.17, 15) is 4.21 Å². The fourth-order valence-electron chi connectivity index (χ4n) is 6.07. The number of hydrogen-bond donors (Lipinski definition) is 0. The summed E-state index contributed by atoms with van der Waals surface area (Å²) < 4.78 is 65.8. The molecule has 6 rings (SSSR count). The van der Waals surface area contributed by atoms with E-state index in [1.54, 1.807) is 17.1 Å². The number of imidazole rings is 1. The molecule has 0 bridgehead atoms. The molecule has 4 atom stereocenters. The number of rotatable bonds is 12. The highest BCUT2D eigenvalue weighted by Gasteiger charge is 2.52. The summed E-state index contributed by atoms with van der Waals surface area (Å²) in [6.45, 7) is 19.5. The molecule has 4 aromatic rings. The molecule has 0 N–H and O–H groups in total. The number of pyridine rings is 1. The Labute approximate surface area is 309 Å². The van der Waals surface area contributed by atoms with Crippen molar-refractivity contribution in [3.63, 3.8) is 0 Å². The highest BCUT2D eigenvalue weighted by molar-refractivity contribution is 7.92. The van der Waals surface area contributed by atoms with E-state index in [4.69, 9.17) is 33.3 Å². The van der Waals surface area contributed by atoms with Crippen LogP contribution in [0.25, 0.3) is 33.5 Å². The Bertz CT molecular complexity index is 2010. The Balaban J connectivity index is 1.25. The second kappa shape index (κ2) is 14.7. The molecule has 2 aliphatic heterocycles. The smallest absolute Gasteiger partial charge is 0.301 e. The minimum absolute atomic E-state index is 0.0596. The molecule has 2 aliphatic rings. The van der Waals surface area contributed by atoms with Crippen molar-refractivity contribution in [3.05, 3.63) is 60.4 Å². The van der Waals surface area contributed by atoms with E-state index in [0.29, 0.717) is 42.2 Å². The van der Waals surface area contributed by atoms with Gasteiger partial charge in [0.1, 0.15) is 24.6 Å². The number of halogens is 1. The summed E-state index contributed by atoms with van der Waals surface area (Å²) in [5.74, 6) is -0.474. The molecular formula is C38H53FN4O6SSi2.